The molecule has 200 valence electrons. The van der Waals surface area contributed by atoms with Crippen LogP contribution >= 0.6 is 0 Å². The summed E-state index contributed by atoms with van der Waals surface area (Å²) in [6.45, 7) is 9.36. The van der Waals surface area contributed by atoms with E-state index in [-0.39, 0.29) is 36.3 Å². The van der Waals surface area contributed by atoms with Crippen LogP contribution in [0.5, 0.6) is 0 Å². The van der Waals surface area contributed by atoms with Crippen LogP contribution in [0.3, 0.4) is 0 Å². The molecule has 2 unspecified atom stereocenters. The van der Waals surface area contributed by atoms with Crippen LogP contribution in [0.2, 0.25) is 0 Å². The number of aryl methyl sites for hydroxylation is 2. The molecule has 1 saturated heterocycles. The first-order valence-corrected chi connectivity index (χ1v) is 12.6. The van der Waals surface area contributed by atoms with Gasteiger partial charge in [-0.1, -0.05) is 20.8 Å². The molecule has 0 radical (unpaired) electrons. The third kappa shape index (κ3) is 5.05. The Bertz CT molecular complexity index is 1350. The van der Waals surface area contributed by atoms with Crippen LogP contribution in [0.25, 0.3) is 11.2 Å². The van der Waals surface area contributed by atoms with Gasteiger partial charge in [-0.15, -0.1) is 0 Å². The molecule has 8 nitrogen and oxygen atoms in total. The number of hydrogen-bond donors (Lipinski definition) is 1. The van der Waals surface area contributed by atoms with Crippen molar-refractivity contribution in [2.75, 3.05) is 12.4 Å². The largest absolute Gasteiger partial charge is 0.394 e. The minimum absolute atomic E-state index is 0.0366. The van der Waals surface area contributed by atoms with E-state index < -0.39 is 11.6 Å². The van der Waals surface area contributed by atoms with E-state index >= 15 is 0 Å². The number of rotatable bonds is 3. The molecule has 1 aliphatic carbocycles. The van der Waals surface area contributed by atoms with Crippen molar-refractivity contribution >= 4 is 11.2 Å². The molecule has 0 spiro atoms. The van der Waals surface area contributed by atoms with E-state index in [4.69, 9.17) is 20.5 Å². The van der Waals surface area contributed by atoms with Crippen molar-refractivity contribution in [2.45, 2.75) is 84.4 Å². The van der Waals surface area contributed by atoms with Crippen molar-refractivity contribution in [3.8, 4) is 0 Å². The number of nitrogen functional groups attached to an aromatic ring is 1. The zero-order valence-corrected chi connectivity index (χ0v) is 21.8. The van der Waals surface area contributed by atoms with Crippen molar-refractivity contribution in [2.24, 2.45) is 5.41 Å². The summed E-state index contributed by atoms with van der Waals surface area (Å²) in [5, 5.41) is 0. The lowest BCUT2D eigenvalue weighted by atomic mass is 9.61. The molecule has 0 aromatic carbocycles. The molecule has 2 fully saturated rings. The van der Waals surface area contributed by atoms with Gasteiger partial charge in [0, 0.05) is 30.7 Å². The van der Waals surface area contributed by atoms with Crippen LogP contribution in [0.15, 0.2) is 23.1 Å². The number of ether oxygens (including phenoxy) is 1. The van der Waals surface area contributed by atoms with Crippen molar-refractivity contribution < 1.29 is 17.9 Å². The van der Waals surface area contributed by atoms with Crippen molar-refractivity contribution in [1.29, 1.82) is 0 Å². The first-order valence-electron chi connectivity index (χ1n) is 12.6. The summed E-state index contributed by atoms with van der Waals surface area (Å²) >= 11 is 0. The third-order valence-electron chi connectivity index (χ3n) is 7.43. The lowest BCUT2D eigenvalue weighted by Crippen LogP contribution is -2.45. The van der Waals surface area contributed by atoms with Gasteiger partial charge in [-0.05, 0) is 51.2 Å². The maximum atomic E-state index is 13.5. The minimum atomic E-state index is -4.26. The molecule has 1 saturated carbocycles. The standard InChI is InChI=1S/C24H27F3N6O2.C2H6/c1-12-13(2)30-22-20(29-12)19(16-9-23(3,10-16)24(25,26)27)31-21(32-22)14-6-7-35-17(8-14)15-4-5-18(34)33(28)11-15;1-2/h4-5,11,14,16-17H,6-10,28H2,1-3H3;1-2H3. The van der Waals surface area contributed by atoms with E-state index in [2.05, 4.69) is 9.97 Å². The Hall–Kier alpha value is -3.08. The van der Waals surface area contributed by atoms with Gasteiger partial charge in [0.2, 0.25) is 0 Å². The fourth-order valence-corrected chi connectivity index (χ4v) is 5.05. The van der Waals surface area contributed by atoms with Crippen LogP contribution in [-0.4, -0.2) is 37.4 Å². The maximum absolute atomic E-state index is 13.5. The molecule has 4 heterocycles. The van der Waals surface area contributed by atoms with E-state index in [1.54, 1.807) is 12.3 Å². The molecule has 5 rings (SSSR count). The van der Waals surface area contributed by atoms with Gasteiger partial charge in [0.25, 0.3) is 5.56 Å². The Morgan fingerprint density at radius 1 is 1.05 bits per heavy atom. The van der Waals surface area contributed by atoms with E-state index in [0.717, 1.165) is 15.9 Å². The molecule has 2 aliphatic rings. The summed E-state index contributed by atoms with van der Waals surface area (Å²) < 4.78 is 47.5. The Morgan fingerprint density at radius 3 is 2.38 bits per heavy atom. The van der Waals surface area contributed by atoms with E-state index in [9.17, 15) is 18.0 Å². The van der Waals surface area contributed by atoms with Gasteiger partial charge < -0.3 is 10.6 Å². The summed E-state index contributed by atoms with van der Waals surface area (Å²) in [5.41, 5.74) is 1.58. The molecular weight excluding hydrogens is 485 g/mol. The number of alkyl halides is 3. The van der Waals surface area contributed by atoms with E-state index in [1.165, 1.54) is 13.0 Å². The topological polar surface area (TPSA) is 109 Å². The second-order valence-electron chi connectivity index (χ2n) is 9.99. The predicted octanol–water partition coefficient (Wildman–Crippen LogP) is 5.02. The fourth-order valence-electron chi connectivity index (χ4n) is 5.05. The molecular formula is C26H33F3N6O2. The maximum Gasteiger partial charge on any atom is 0.394 e. The Labute approximate surface area is 213 Å². The highest BCUT2D eigenvalue weighted by molar-refractivity contribution is 5.74. The van der Waals surface area contributed by atoms with Gasteiger partial charge in [0.15, 0.2) is 5.65 Å². The zero-order valence-electron chi connectivity index (χ0n) is 21.8. The smallest absolute Gasteiger partial charge is 0.373 e. The Morgan fingerprint density at radius 2 is 1.73 bits per heavy atom. The van der Waals surface area contributed by atoms with Gasteiger partial charge >= 0.3 is 6.18 Å². The Kier molecular flexibility index (Phi) is 7.29. The third-order valence-corrected chi connectivity index (χ3v) is 7.43. The summed E-state index contributed by atoms with van der Waals surface area (Å²) in [4.78, 5) is 30.4. The quantitative estimate of drug-likeness (QED) is 0.485. The first kappa shape index (κ1) is 27.0. The summed E-state index contributed by atoms with van der Waals surface area (Å²) in [6, 6.07) is 3.08. The Balaban J connectivity index is 0.00000156. The molecule has 2 N–H and O–H groups in total. The van der Waals surface area contributed by atoms with Crippen LogP contribution < -0.4 is 11.4 Å². The number of halogens is 3. The molecule has 37 heavy (non-hydrogen) atoms. The number of nitrogens with two attached hydrogens (primary N) is 1. The van der Waals surface area contributed by atoms with Crippen LogP contribution in [0.1, 0.15) is 92.9 Å². The second kappa shape index (κ2) is 10.00. The number of aromatic nitrogens is 5. The van der Waals surface area contributed by atoms with Crippen LogP contribution in [0.4, 0.5) is 13.2 Å². The first-order chi connectivity index (χ1) is 17.4. The summed E-state index contributed by atoms with van der Waals surface area (Å²) in [6.07, 6.45) is -1.89. The normalized spacial score (nSPS) is 25.8. The molecule has 1 aliphatic heterocycles. The van der Waals surface area contributed by atoms with Crippen LogP contribution in [0, 0.1) is 19.3 Å². The predicted molar refractivity (Wildman–Crippen MR) is 134 cm³/mol. The van der Waals surface area contributed by atoms with Gasteiger partial charge in [-0.3, -0.25) is 4.79 Å². The second-order valence-corrected chi connectivity index (χ2v) is 9.99. The summed E-state index contributed by atoms with van der Waals surface area (Å²) in [5.74, 6) is 5.81. The molecule has 11 heteroatoms. The number of nitrogens with zero attached hydrogens (tertiary/aromatic N) is 5. The lowest BCUT2D eigenvalue weighted by molar-refractivity contribution is -0.248. The molecule has 0 amide bonds. The highest BCUT2D eigenvalue weighted by atomic mass is 19.4. The highest BCUT2D eigenvalue weighted by Gasteiger charge is 2.59. The minimum Gasteiger partial charge on any atom is -0.373 e. The van der Waals surface area contributed by atoms with Crippen molar-refractivity contribution in [3.63, 3.8) is 0 Å². The van der Waals surface area contributed by atoms with Crippen molar-refractivity contribution in [1.82, 2.24) is 24.6 Å². The van der Waals surface area contributed by atoms with Gasteiger partial charge in [0.1, 0.15) is 11.3 Å². The van der Waals surface area contributed by atoms with Gasteiger partial charge in [0.05, 0.1) is 28.6 Å². The highest BCUT2D eigenvalue weighted by Crippen LogP contribution is 2.59. The number of fused-ring (bicyclic) bond motifs is 1. The van der Waals surface area contributed by atoms with Gasteiger partial charge in [-0.2, -0.15) is 13.2 Å². The number of hydrogen-bond acceptors (Lipinski definition) is 7. The zero-order chi connectivity index (χ0) is 27.1. The monoisotopic (exact) mass is 518 g/mol. The molecule has 3 aromatic rings. The lowest BCUT2D eigenvalue weighted by Gasteiger charge is -2.46. The fraction of sp³-hybridized carbons (Fsp3) is 0.577. The number of pyridine rings is 1. The van der Waals surface area contributed by atoms with Crippen molar-refractivity contribution in [3.05, 3.63) is 57.2 Å². The molecule has 2 atom stereocenters. The SMILES string of the molecule is CC.Cc1nc2nc(C3CCOC(c4ccc(=O)n(N)c4)C3)nc(C3CC(C)(C(F)(F)F)C3)c2nc1C. The average molecular weight is 519 g/mol. The molecule has 0 bridgehead atoms. The molecule has 3 aromatic heterocycles. The average Bonchev–Trinajstić information content (AvgIpc) is 2.84. The summed E-state index contributed by atoms with van der Waals surface area (Å²) in [7, 11) is 0. The van der Waals surface area contributed by atoms with E-state index in [1.807, 2.05) is 27.7 Å². The van der Waals surface area contributed by atoms with Gasteiger partial charge in [-0.25, -0.2) is 24.6 Å². The van der Waals surface area contributed by atoms with Crippen LogP contribution in [-0.2, 0) is 4.74 Å². The van der Waals surface area contributed by atoms with E-state index in [0.29, 0.717) is 47.8 Å².